The van der Waals surface area contributed by atoms with Crippen LogP contribution in [0, 0.1) is 0 Å². The molecule has 1 saturated heterocycles. The summed E-state index contributed by atoms with van der Waals surface area (Å²) in [6.07, 6.45) is 3.52. The number of halogens is 1. The van der Waals surface area contributed by atoms with E-state index in [1.54, 1.807) is 14.2 Å². The Labute approximate surface area is 174 Å². The molecule has 0 saturated carbocycles. The average Bonchev–Trinajstić information content (AvgIpc) is 3.15. The standard InChI is InChI=1S/C19H31N3O3.HI/c1-20-19(21-11-7-12-24-15-17-9-6-13-25-17)22(2)14-16-8-4-5-10-18(16)23-3;/h4-5,8,10,17H,6-7,9,11-15H2,1-3H3,(H,20,21);1H. The number of nitrogens with one attached hydrogen (secondary N) is 1. The van der Waals surface area contributed by atoms with E-state index in [0.717, 1.165) is 62.8 Å². The SMILES string of the molecule is CN=C(NCCCOCC1CCCO1)N(C)Cc1ccccc1OC.I. The van der Waals surface area contributed by atoms with Crippen LogP contribution in [0.5, 0.6) is 5.75 Å². The van der Waals surface area contributed by atoms with Gasteiger partial charge in [-0.05, 0) is 25.3 Å². The van der Waals surface area contributed by atoms with E-state index in [-0.39, 0.29) is 24.0 Å². The molecule has 0 spiro atoms. The Hall–Kier alpha value is -1.06. The zero-order chi connectivity index (χ0) is 17.9. The topological polar surface area (TPSA) is 55.3 Å². The lowest BCUT2D eigenvalue weighted by atomic mass is 10.2. The van der Waals surface area contributed by atoms with Crippen molar-refractivity contribution in [1.29, 1.82) is 0 Å². The van der Waals surface area contributed by atoms with Gasteiger partial charge in [0.2, 0.25) is 0 Å². The number of benzene rings is 1. The summed E-state index contributed by atoms with van der Waals surface area (Å²) in [5.74, 6) is 1.76. The highest BCUT2D eigenvalue weighted by molar-refractivity contribution is 14.0. The summed E-state index contributed by atoms with van der Waals surface area (Å²) >= 11 is 0. The van der Waals surface area contributed by atoms with Gasteiger partial charge in [0.25, 0.3) is 0 Å². The molecular weight excluding hydrogens is 445 g/mol. The highest BCUT2D eigenvalue weighted by atomic mass is 127. The smallest absolute Gasteiger partial charge is 0.193 e. The maximum absolute atomic E-state index is 5.68. The highest BCUT2D eigenvalue weighted by Gasteiger charge is 2.15. The van der Waals surface area contributed by atoms with Crippen LogP contribution in [-0.4, -0.2) is 64.5 Å². The van der Waals surface area contributed by atoms with E-state index in [0.29, 0.717) is 12.7 Å². The summed E-state index contributed by atoms with van der Waals surface area (Å²) in [6, 6.07) is 8.05. The molecule has 0 bridgehead atoms. The van der Waals surface area contributed by atoms with Gasteiger partial charge in [0.1, 0.15) is 5.75 Å². The molecule has 1 aromatic rings. The zero-order valence-electron chi connectivity index (χ0n) is 16.1. The predicted octanol–water partition coefficient (Wildman–Crippen LogP) is 2.91. The van der Waals surface area contributed by atoms with Gasteiger partial charge in [0.15, 0.2) is 5.96 Å². The van der Waals surface area contributed by atoms with Crippen LogP contribution >= 0.6 is 24.0 Å². The first-order chi connectivity index (χ1) is 12.2. The lowest BCUT2D eigenvalue weighted by Gasteiger charge is -2.23. The lowest BCUT2D eigenvalue weighted by molar-refractivity contribution is 0.0168. The largest absolute Gasteiger partial charge is 0.496 e. The Balaban J connectivity index is 0.00000338. The van der Waals surface area contributed by atoms with Gasteiger partial charge in [-0.15, -0.1) is 24.0 Å². The van der Waals surface area contributed by atoms with Gasteiger partial charge in [-0.3, -0.25) is 4.99 Å². The quantitative estimate of drug-likeness (QED) is 0.257. The van der Waals surface area contributed by atoms with E-state index < -0.39 is 0 Å². The van der Waals surface area contributed by atoms with Crippen molar-refractivity contribution in [1.82, 2.24) is 10.2 Å². The second kappa shape index (κ2) is 13.2. The monoisotopic (exact) mass is 477 g/mol. The molecule has 1 fully saturated rings. The summed E-state index contributed by atoms with van der Waals surface area (Å²) in [6.45, 7) is 3.89. The molecule has 26 heavy (non-hydrogen) atoms. The molecule has 1 atom stereocenters. The molecule has 1 heterocycles. The fraction of sp³-hybridized carbons (Fsp3) is 0.632. The van der Waals surface area contributed by atoms with E-state index in [1.807, 2.05) is 25.2 Å². The first-order valence-corrected chi connectivity index (χ1v) is 8.97. The van der Waals surface area contributed by atoms with Gasteiger partial charge >= 0.3 is 0 Å². The molecule has 0 amide bonds. The average molecular weight is 477 g/mol. The first kappa shape index (κ1) is 23.0. The van der Waals surface area contributed by atoms with E-state index in [4.69, 9.17) is 14.2 Å². The summed E-state index contributed by atoms with van der Waals surface area (Å²) in [7, 11) is 5.52. The number of hydrogen-bond donors (Lipinski definition) is 1. The first-order valence-electron chi connectivity index (χ1n) is 8.97. The molecule has 1 aliphatic rings. The maximum Gasteiger partial charge on any atom is 0.193 e. The molecule has 1 unspecified atom stereocenters. The Morgan fingerprint density at radius 3 is 2.88 bits per heavy atom. The number of nitrogens with zero attached hydrogens (tertiary/aromatic N) is 2. The van der Waals surface area contributed by atoms with Crippen molar-refractivity contribution in [3.63, 3.8) is 0 Å². The minimum absolute atomic E-state index is 0. The van der Waals surface area contributed by atoms with E-state index in [2.05, 4.69) is 21.3 Å². The van der Waals surface area contributed by atoms with E-state index >= 15 is 0 Å². The van der Waals surface area contributed by atoms with Crippen LogP contribution < -0.4 is 10.1 Å². The Morgan fingerprint density at radius 1 is 1.38 bits per heavy atom. The normalized spacial score (nSPS) is 16.9. The fourth-order valence-electron chi connectivity index (χ4n) is 2.91. The third-order valence-electron chi connectivity index (χ3n) is 4.25. The number of para-hydroxylation sites is 1. The van der Waals surface area contributed by atoms with E-state index in [9.17, 15) is 0 Å². The number of hydrogen-bond acceptors (Lipinski definition) is 4. The van der Waals surface area contributed by atoms with Gasteiger partial charge in [0.05, 0.1) is 19.8 Å². The van der Waals surface area contributed by atoms with Gasteiger partial charge in [-0.25, -0.2) is 0 Å². The molecule has 6 nitrogen and oxygen atoms in total. The molecule has 0 aromatic heterocycles. The van der Waals surface area contributed by atoms with Crippen LogP contribution in [0.3, 0.4) is 0 Å². The molecular formula is C19H32IN3O3. The van der Waals surface area contributed by atoms with Gasteiger partial charge < -0.3 is 24.4 Å². The third-order valence-corrected chi connectivity index (χ3v) is 4.25. The van der Waals surface area contributed by atoms with Crippen molar-refractivity contribution in [3.05, 3.63) is 29.8 Å². The highest BCUT2D eigenvalue weighted by Crippen LogP contribution is 2.18. The van der Waals surface area contributed by atoms with Crippen LogP contribution in [0.2, 0.25) is 0 Å². The van der Waals surface area contributed by atoms with E-state index in [1.165, 1.54) is 0 Å². The Bertz CT molecular complexity index is 537. The molecule has 1 aromatic carbocycles. The van der Waals surface area contributed by atoms with Crippen molar-refractivity contribution in [2.75, 3.05) is 47.6 Å². The number of guanidine groups is 1. The number of aliphatic imine (C=N–C) groups is 1. The lowest BCUT2D eigenvalue weighted by Crippen LogP contribution is -2.39. The molecule has 7 heteroatoms. The van der Waals surface area contributed by atoms with Gasteiger partial charge in [0, 0.05) is 46.0 Å². The molecule has 1 N–H and O–H groups in total. The van der Waals surface area contributed by atoms with Crippen molar-refractivity contribution in [3.8, 4) is 5.75 Å². The van der Waals surface area contributed by atoms with Gasteiger partial charge in [-0.2, -0.15) is 0 Å². The van der Waals surface area contributed by atoms with Crippen LogP contribution in [0.4, 0.5) is 0 Å². The van der Waals surface area contributed by atoms with Crippen LogP contribution in [0.15, 0.2) is 29.3 Å². The van der Waals surface area contributed by atoms with Crippen LogP contribution in [0.1, 0.15) is 24.8 Å². The summed E-state index contributed by atoms with van der Waals surface area (Å²) in [4.78, 5) is 6.44. The van der Waals surface area contributed by atoms with Crippen molar-refractivity contribution < 1.29 is 14.2 Å². The van der Waals surface area contributed by atoms with Crippen LogP contribution in [0.25, 0.3) is 0 Å². The third kappa shape index (κ3) is 7.67. The second-order valence-corrected chi connectivity index (χ2v) is 6.21. The molecule has 0 aliphatic carbocycles. The Morgan fingerprint density at radius 2 is 2.19 bits per heavy atom. The number of rotatable bonds is 9. The van der Waals surface area contributed by atoms with Crippen molar-refractivity contribution in [2.45, 2.75) is 31.9 Å². The predicted molar refractivity (Wildman–Crippen MR) is 116 cm³/mol. The number of ether oxygens (including phenoxy) is 3. The Kier molecular flexibility index (Phi) is 11.6. The molecule has 148 valence electrons. The maximum atomic E-state index is 5.68. The van der Waals surface area contributed by atoms with Crippen LogP contribution in [-0.2, 0) is 16.0 Å². The molecule has 0 radical (unpaired) electrons. The minimum atomic E-state index is 0. The fourth-order valence-corrected chi connectivity index (χ4v) is 2.91. The summed E-state index contributed by atoms with van der Waals surface area (Å²) < 4.78 is 16.6. The van der Waals surface area contributed by atoms with Crippen molar-refractivity contribution >= 4 is 29.9 Å². The summed E-state index contributed by atoms with van der Waals surface area (Å²) in [5, 5.41) is 3.38. The zero-order valence-corrected chi connectivity index (χ0v) is 18.4. The summed E-state index contributed by atoms with van der Waals surface area (Å²) in [5.41, 5.74) is 1.13. The number of methoxy groups -OCH3 is 1. The minimum Gasteiger partial charge on any atom is -0.496 e. The molecule has 2 rings (SSSR count). The second-order valence-electron chi connectivity index (χ2n) is 6.21. The van der Waals surface area contributed by atoms with Gasteiger partial charge in [-0.1, -0.05) is 18.2 Å². The molecule has 1 aliphatic heterocycles. The van der Waals surface area contributed by atoms with Crippen molar-refractivity contribution in [2.24, 2.45) is 4.99 Å².